The zero-order chi connectivity index (χ0) is 10.4. The van der Waals surface area contributed by atoms with Crippen molar-refractivity contribution < 1.29 is 0 Å². The van der Waals surface area contributed by atoms with E-state index in [1.54, 1.807) is 11.3 Å². The SMILES string of the molecule is CC1CC(C)C2NC3=C(C=CCC3)C2C1. The summed E-state index contributed by atoms with van der Waals surface area (Å²) in [6.07, 6.45) is 10.0. The van der Waals surface area contributed by atoms with Gasteiger partial charge in [-0.25, -0.2) is 0 Å². The molecule has 0 saturated heterocycles. The Kier molecular flexibility index (Phi) is 2.15. The van der Waals surface area contributed by atoms with Gasteiger partial charge in [0.25, 0.3) is 0 Å². The van der Waals surface area contributed by atoms with E-state index in [1.165, 1.54) is 25.7 Å². The Morgan fingerprint density at radius 1 is 1.27 bits per heavy atom. The van der Waals surface area contributed by atoms with Crippen molar-refractivity contribution in [2.24, 2.45) is 17.8 Å². The molecule has 1 heteroatoms. The van der Waals surface area contributed by atoms with E-state index < -0.39 is 0 Å². The van der Waals surface area contributed by atoms with Gasteiger partial charge in [-0.1, -0.05) is 26.0 Å². The van der Waals surface area contributed by atoms with Crippen LogP contribution in [0.3, 0.4) is 0 Å². The molecule has 4 atom stereocenters. The van der Waals surface area contributed by atoms with Gasteiger partial charge in [0, 0.05) is 17.7 Å². The predicted octanol–water partition coefficient (Wildman–Crippen LogP) is 3.24. The lowest BCUT2D eigenvalue weighted by Gasteiger charge is -2.36. The summed E-state index contributed by atoms with van der Waals surface area (Å²) in [5.74, 6) is 2.57. The molecule has 1 aliphatic heterocycles. The minimum Gasteiger partial charge on any atom is -0.384 e. The molecule has 2 aliphatic carbocycles. The van der Waals surface area contributed by atoms with Crippen LogP contribution in [0.2, 0.25) is 0 Å². The first-order chi connectivity index (χ1) is 7.25. The van der Waals surface area contributed by atoms with Crippen molar-refractivity contribution in [2.75, 3.05) is 0 Å². The van der Waals surface area contributed by atoms with Gasteiger partial charge in [0.1, 0.15) is 0 Å². The Morgan fingerprint density at radius 3 is 3.00 bits per heavy atom. The number of nitrogens with one attached hydrogen (secondary N) is 1. The van der Waals surface area contributed by atoms with Crippen LogP contribution in [0, 0.1) is 17.8 Å². The monoisotopic (exact) mass is 203 g/mol. The molecule has 0 bridgehead atoms. The quantitative estimate of drug-likeness (QED) is 0.637. The standard InChI is InChI=1S/C14H21N/c1-9-7-10(2)14-12(8-9)11-5-3-4-6-13(11)15-14/h3,5,9-10,12,14-15H,4,6-8H2,1-2H3. The molecule has 0 aromatic carbocycles. The van der Waals surface area contributed by atoms with E-state index in [1.807, 2.05) is 0 Å². The van der Waals surface area contributed by atoms with Crippen LogP contribution in [0.4, 0.5) is 0 Å². The van der Waals surface area contributed by atoms with E-state index in [2.05, 4.69) is 31.3 Å². The van der Waals surface area contributed by atoms with Crippen LogP contribution in [0.15, 0.2) is 23.4 Å². The average Bonchev–Trinajstić information content (AvgIpc) is 2.57. The van der Waals surface area contributed by atoms with Crippen molar-refractivity contribution in [3.8, 4) is 0 Å². The van der Waals surface area contributed by atoms with Crippen LogP contribution in [0.1, 0.15) is 39.5 Å². The summed E-state index contributed by atoms with van der Waals surface area (Å²) in [4.78, 5) is 0. The van der Waals surface area contributed by atoms with Crippen molar-refractivity contribution in [2.45, 2.75) is 45.6 Å². The van der Waals surface area contributed by atoms with Gasteiger partial charge in [0.15, 0.2) is 0 Å². The number of rotatable bonds is 0. The molecule has 0 spiro atoms. The molecule has 1 N–H and O–H groups in total. The van der Waals surface area contributed by atoms with Gasteiger partial charge in [0.2, 0.25) is 0 Å². The molecule has 0 amide bonds. The van der Waals surface area contributed by atoms with E-state index in [9.17, 15) is 0 Å². The van der Waals surface area contributed by atoms with Gasteiger partial charge in [-0.15, -0.1) is 0 Å². The first-order valence-corrected chi connectivity index (χ1v) is 6.42. The van der Waals surface area contributed by atoms with Crippen molar-refractivity contribution in [1.82, 2.24) is 5.32 Å². The number of hydrogen-bond acceptors (Lipinski definition) is 1. The molecule has 0 aromatic heterocycles. The third-order valence-electron chi connectivity index (χ3n) is 4.42. The maximum absolute atomic E-state index is 3.79. The fourth-order valence-electron chi connectivity index (χ4n) is 3.80. The summed E-state index contributed by atoms with van der Waals surface area (Å²) >= 11 is 0. The van der Waals surface area contributed by atoms with E-state index >= 15 is 0 Å². The smallest absolute Gasteiger partial charge is 0.0353 e. The first-order valence-electron chi connectivity index (χ1n) is 6.42. The van der Waals surface area contributed by atoms with Crippen LogP contribution < -0.4 is 5.32 Å². The molecule has 3 aliphatic rings. The zero-order valence-electron chi connectivity index (χ0n) is 9.79. The zero-order valence-corrected chi connectivity index (χ0v) is 9.79. The second-order valence-corrected chi connectivity index (χ2v) is 5.71. The Bertz CT molecular complexity index is 326. The van der Waals surface area contributed by atoms with Crippen molar-refractivity contribution in [3.63, 3.8) is 0 Å². The highest BCUT2D eigenvalue weighted by Gasteiger charge is 2.40. The van der Waals surface area contributed by atoms with E-state index in [0.29, 0.717) is 0 Å². The van der Waals surface area contributed by atoms with Crippen LogP contribution in [-0.2, 0) is 0 Å². The van der Waals surface area contributed by atoms with Crippen molar-refractivity contribution in [1.29, 1.82) is 0 Å². The number of fused-ring (bicyclic) bond motifs is 2. The topological polar surface area (TPSA) is 12.0 Å². The third kappa shape index (κ3) is 1.44. The summed E-state index contributed by atoms with van der Waals surface area (Å²) in [5.41, 5.74) is 3.21. The van der Waals surface area contributed by atoms with Crippen LogP contribution in [-0.4, -0.2) is 6.04 Å². The molecule has 1 heterocycles. The van der Waals surface area contributed by atoms with Crippen molar-refractivity contribution >= 4 is 0 Å². The minimum atomic E-state index is 0.744. The van der Waals surface area contributed by atoms with Gasteiger partial charge >= 0.3 is 0 Å². The van der Waals surface area contributed by atoms with Crippen LogP contribution in [0.5, 0.6) is 0 Å². The van der Waals surface area contributed by atoms with Gasteiger partial charge < -0.3 is 5.32 Å². The van der Waals surface area contributed by atoms with Gasteiger partial charge in [-0.3, -0.25) is 0 Å². The molecule has 82 valence electrons. The Labute approximate surface area is 92.6 Å². The lowest BCUT2D eigenvalue weighted by Crippen LogP contribution is -2.40. The number of hydrogen-bond donors (Lipinski definition) is 1. The molecule has 0 aromatic rings. The van der Waals surface area contributed by atoms with Crippen LogP contribution in [0.25, 0.3) is 0 Å². The molecular weight excluding hydrogens is 182 g/mol. The third-order valence-corrected chi connectivity index (χ3v) is 4.42. The highest BCUT2D eigenvalue weighted by molar-refractivity contribution is 5.37. The number of allylic oxidation sites excluding steroid dienone is 3. The first kappa shape index (κ1) is 9.50. The van der Waals surface area contributed by atoms with Crippen LogP contribution >= 0.6 is 0 Å². The maximum Gasteiger partial charge on any atom is 0.0353 e. The maximum atomic E-state index is 3.79. The average molecular weight is 203 g/mol. The second kappa shape index (κ2) is 3.40. The van der Waals surface area contributed by atoms with Gasteiger partial charge in [-0.2, -0.15) is 0 Å². The molecule has 3 rings (SSSR count). The highest BCUT2D eigenvalue weighted by Crippen LogP contribution is 2.44. The second-order valence-electron chi connectivity index (χ2n) is 5.71. The molecule has 0 radical (unpaired) electrons. The fraction of sp³-hybridized carbons (Fsp3) is 0.714. The minimum absolute atomic E-state index is 0.744. The Hall–Kier alpha value is -0.720. The van der Waals surface area contributed by atoms with Crippen molar-refractivity contribution in [3.05, 3.63) is 23.4 Å². The van der Waals surface area contributed by atoms with Gasteiger partial charge in [0.05, 0.1) is 0 Å². The summed E-state index contributed by atoms with van der Waals surface area (Å²) in [5, 5.41) is 3.79. The molecule has 15 heavy (non-hydrogen) atoms. The largest absolute Gasteiger partial charge is 0.384 e. The normalized spacial score (nSPS) is 43.6. The molecular formula is C14H21N. The molecule has 1 nitrogen and oxygen atoms in total. The fourth-order valence-corrected chi connectivity index (χ4v) is 3.80. The Balaban J connectivity index is 1.90. The van der Waals surface area contributed by atoms with E-state index in [-0.39, 0.29) is 0 Å². The summed E-state index contributed by atoms with van der Waals surface area (Å²) < 4.78 is 0. The molecule has 4 unspecified atom stereocenters. The lowest BCUT2D eigenvalue weighted by molar-refractivity contribution is 0.202. The highest BCUT2D eigenvalue weighted by atomic mass is 15.0. The summed E-state index contributed by atoms with van der Waals surface area (Å²) in [7, 11) is 0. The summed E-state index contributed by atoms with van der Waals surface area (Å²) in [6.45, 7) is 4.83. The summed E-state index contributed by atoms with van der Waals surface area (Å²) in [6, 6.07) is 0.744. The molecule has 1 saturated carbocycles. The Morgan fingerprint density at radius 2 is 2.13 bits per heavy atom. The predicted molar refractivity (Wildman–Crippen MR) is 63.4 cm³/mol. The molecule has 1 fully saturated rings. The lowest BCUT2D eigenvalue weighted by atomic mass is 9.71. The van der Waals surface area contributed by atoms with E-state index in [4.69, 9.17) is 0 Å². The van der Waals surface area contributed by atoms with E-state index in [0.717, 1.165) is 23.8 Å². The van der Waals surface area contributed by atoms with Gasteiger partial charge in [-0.05, 0) is 43.1 Å².